The highest BCUT2D eigenvalue weighted by Crippen LogP contribution is 2.31. The predicted octanol–water partition coefficient (Wildman–Crippen LogP) is -0.0501. The molecule has 22 heavy (non-hydrogen) atoms. The van der Waals surface area contributed by atoms with Crippen LogP contribution in [-0.4, -0.2) is 68.7 Å². The maximum atomic E-state index is 9.92. The van der Waals surface area contributed by atoms with Gasteiger partial charge in [-0.15, -0.1) is 0 Å². The van der Waals surface area contributed by atoms with Gasteiger partial charge in [-0.05, 0) is 6.07 Å². The Morgan fingerprint density at radius 1 is 1.09 bits per heavy atom. The number of hydrogen-bond donors (Lipinski definition) is 3. The van der Waals surface area contributed by atoms with Gasteiger partial charge in [0.25, 0.3) is 0 Å². The van der Waals surface area contributed by atoms with Crippen molar-refractivity contribution in [1.82, 2.24) is 15.5 Å². The molecule has 3 rings (SSSR count). The van der Waals surface area contributed by atoms with E-state index in [0.717, 1.165) is 57.1 Å². The van der Waals surface area contributed by atoms with Gasteiger partial charge in [0.1, 0.15) is 18.5 Å². The number of hydrogen-bond acceptors (Lipinski definition) is 6. The van der Waals surface area contributed by atoms with Crippen molar-refractivity contribution < 1.29 is 14.6 Å². The first-order valence-corrected chi connectivity index (χ1v) is 8.02. The zero-order chi connectivity index (χ0) is 15.2. The summed E-state index contributed by atoms with van der Waals surface area (Å²) in [6, 6.07) is 7.88. The molecule has 0 aromatic heterocycles. The van der Waals surface area contributed by atoms with E-state index in [1.54, 1.807) is 0 Å². The lowest BCUT2D eigenvalue weighted by atomic mass is 10.1. The molecule has 0 aliphatic carbocycles. The van der Waals surface area contributed by atoms with Gasteiger partial charge in [0.05, 0.1) is 0 Å². The molecule has 2 unspecified atom stereocenters. The highest BCUT2D eigenvalue weighted by atomic mass is 16.6. The molecule has 3 N–H and O–H groups in total. The number of fused-ring (bicyclic) bond motifs is 1. The normalized spacial score (nSPS) is 27.7. The summed E-state index contributed by atoms with van der Waals surface area (Å²) < 4.78 is 11.4. The third-order valence-electron chi connectivity index (χ3n) is 4.08. The van der Waals surface area contributed by atoms with Gasteiger partial charge in [-0.3, -0.25) is 4.90 Å². The monoisotopic (exact) mass is 307 g/mol. The first-order chi connectivity index (χ1) is 10.8. The first kappa shape index (κ1) is 15.7. The zero-order valence-electron chi connectivity index (χ0n) is 12.8. The molecule has 1 saturated heterocycles. The molecule has 0 amide bonds. The van der Waals surface area contributed by atoms with Gasteiger partial charge in [-0.1, -0.05) is 18.2 Å². The summed E-state index contributed by atoms with van der Waals surface area (Å²) in [7, 11) is 0. The molecule has 0 spiro atoms. The van der Waals surface area contributed by atoms with Crippen molar-refractivity contribution in [2.75, 3.05) is 52.4 Å². The molecule has 1 aromatic carbocycles. The number of ether oxygens (including phenoxy) is 2. The Kier molecular flexibility index (Phi) is 5.64. The lowest BCUT2D eigenvalue weighted by molar-refractivity contribution is -0.150. The van der Waals surface area contributed by atoms with Crippen LogP contribution in [0.15, 0.2) is 24.3 Å². The fourth-order valence-corrected chi connectivity index (χ4v) is 2.91. The number of nitrogens with one attached hydrogen (secondary N) is 2. The van der Waals surface area contributed by atoms with Crippen molar-refractivity contribution in [2.24, 2.45) is 0 Å². The molecule has 1 fully saturated rings. The molecular formula is C16H25N3O3. The SMILES string of the molecule is OC1COc2ccccc2C(CN2CCNCCNCC2)O1. The summed E-state index contributed by atoms with van der Waals surface area (Å²) in [4.78, 5) is 2.37. The minimum atomic E-state index is -0.883. The van der Waals surface area contributed by atoms with Crippen LogP contribution in [0.5, 0.6) is 5.75 Å². The number of aliphatic hydroxyl groups excluding tert-OH is 1. The zero-order valence-corrected chi connectivity index (χ0v) is 12.8. The van der Waals surface area contributed by atoms with E-state index in [1.807, 2.05) is 24.3 Å². The topological polar surface area (TPSA) is 66.0 Å². The van der Waals surface area contributed by atoms with Gasteiger partial charge in [0.2, 0.25) is 0 Å². The fraction of sp³-hybridized carbons (Fsp3) is 0.625. The van der Waals surface area contributed by atoms with Crippen LogP contribution in [0.2, 0.25) is 0 Å². The second kappa shape index (κ2) is 7.89. The predicted molar refractivity (Wildman–Crippen MR) is 83.9 cm³/mol. The average Bonchev–Trinajstić information content (AvgIpc) is 2.62. The van der Waals surface area contributed by atoms with Crippen molar-refractivity contribution in [3.05, 3.63) is 29.8 Å². The van der Waals surface area contributed by atoms with Gasteiger partial charge in [0.15, 0.2) is 6.29 Å². The van der Waals surface area contributed by atoms with Gasteiger partial charge in [-0.2, -0.15) is 0 Å². The van der Waals surface area contributed by atoms with Crippen molar-refractivity contribution >= 4 is 0 Å². The van der Waals surface area contributed by atoms with Gasteiger partial charge < -0.3 is 25.2 Å². The lowest BCUT2D eigenvalue weighted by Gasteiger charge is -2.27. The third-order valence-corrected chi connectivity index (χ3v) is 4.08. The highest BCUT2D eigenvalue weighted by molar-refractivity contribution is 5.36. The minimum absolute atomic E-state index is 0.172. The van der Waals surface area contributed by atoms with Crippen LogP contribution in [-0.2, 0) is 4.74 Å². The molecule has 2 aliphatic heterocycles. The van der Waals surface area contributed by atoms with Gasteiger partial charge in [0, 0.05) is 51.4 Å². The van der Waals surface area contributed by atoms with E-state index in [1.165, 1.54) is 0 Å². The Morgan fingerprint density at radius 3 is 2.59 bits per heavy atom. The van der Waals surface area contributed by atoms with E-state index in [-0.39, 0.29) is 12.7 Å². The summed E-state index contributed by atoms with van der Waals surface area (Å²) in [5.74, 6) is 0.810. The standard InChI is InChI=1S/C16H25N3O3/c20-16-12-21-14-4-2-1-3-13(14)15(22-16)11-19-9-7-17-5-6-18-8-10-19/h1-4,15-18,20H,5-12H2. The number of para-hydroxylation sites is 1. The second-order valence-electron chi connectivity index (χ2n) is 5.73. The van der Waals surface area contributed by atoms with Crippen molar-refractivity contribution in [2.45, 2.75) is 12.4 Å². The molecule has 122 valence electrons. The van der Waals surface area contributed by atoms with Crippen LogP contribution >= 0.6 is 0 Å². The maximum Gasteiger partial charge on any atom is 0.190 e. The minimum Gasteiger partial charge on any atom is -0.488 e. The Labute approximate surface area is 131 Å². The van der Waals surface area contributed by atoms with E-state index in [9.17, 15) is 5.11 Å². The van der Waals surface area contributed by atoms with Gasteiger partial charge >= 0.3 is 0 Å². The van der Waals surface area contributed by atoms with Crippen LogP contribution in [0.1, 0.15) is 11.7 Å². The van der Waals surface area contributed by atoms with E-state index in [0.29, 0.717) is 0 Å². The summed E-state index contributed by atoms with van der Waals surface area (Å²) in [5.41, 5.74) is 1.01. The van der Waals surface area contributed by atoms with Crippen LogP contribution in [0.3, 0.4) is 0 Å². The third kappa shape index (κ3) is 4.18. The molecule has 2 aliphatic rings. The van der Waals surface area contributed by atoms with Crippen LogP contribution in [0.4, 0.5) is 0 Å². The number of nitrogens with zero attached hydrogens (tertiary/aromatic N) is 1. The molecule has 1 aromatic rings. The van der Waals surface area contributed by atoms with Crippen molar-refractivity contribution in [3.63, 3.8) is 0 Å². The Bertz CT molecular complexity index is 462. The summed E-state index contributed by atoms with van der Waals surface area (Å²) >= 11 is 0. The number of rotatable bonds is 2. The Hall–Kier alpha value is -1.18. The molecule has 2 heterocycles. The Balaban J connectivity index is 1.71. The summed E-state index contributed by atoms with van der Waals surface area (Å²) in [5, 5.41) is 16.7. The first-order valence-electron chi connectivity index (χ1n) is 8.02. The fourth-order valence-electron chi connectivity index (χ4n) is 2.91. The molecular weight excluding hydrogens is 282 g/mol. The highest BCUT2D eigenvalue weighted by Gasteiger charge is 2.26. The van der Waals surface area contributed by atoms with E-state index >= 15 is 0 Å². The van der Waals surface area contributed by atoms with E-state index in [4.69, 9.17) is 9.47 Å². The second-order valence-corrected chi connectivity index (χ2v) is 5.73. The smallest absolute Gasteiger partial charge is 0.190 e. The average molecular weight is 307 g/mol. The molecule has 0 bridgehead atoms. The van der Waals surface area contributed by atoms with E-state index < -0.39 is 6.29 Å². The summed E-state index contributed by atoms with van der Waals surface area (Å²) in [6.07, 6.45) is -1.05. The largest absolute Gasteiger partial charge is 0.488 e. The lowest BCUT2D eigenvalue weighted by Crippen LogP contribution is -2.38. The number of aliphatic hydroxyl groups is 1. The molecule has 6 heteroatoms. The summed E-state index contributed by atoms with van der Waals surface area (Å²) in [6.45, 7) is 6.81. The molecule has 0 saturated carbocycles. The number of benzene rings is 1. The van der Waals surface area contributed by atoms with Crippen molar-refractivity contribution in [3.8, 4) is 5.75 Å². The van der Waals surface area contributed by atoms with Crippen LogP contribution in [0.25, 0.3) is 0 Å². The molecule has 0 radical (unpaired) electrons. The van der Waals surface area contributed by atoms with Gasteiger partial charge in [-0.25, -0.2) is 0 Å². The Morgan fingerprint density at radius 2 is 1.82 bits per heavy atom. The molecule has 2 atom stereocenters. The van der Waals surface area contributed by atoms with Crippen LogP contribution in [0, 0.1) is 0 Å². The quantitative estimate of drug-likeness (QED) is 0.712. The van der Waals surface area contributed by atoms with Crippen LogP contribution < -0.4 is 15.4 Å². The van der Waals surface area contributed by atoms with Crippen molar-refractivity contribution in [1.29, 1.82) is 0 Å². The van der Waals surface area contributed by atoms with E-state index in [2.05, 4.69) is 15.5 Å². The molecule has 6 nitrogen and oxygen atoms in total. The maximum absolute atomic E-state index is 9.92.